The average molecular weight is 521 g/mol. The minimum atomic E-state index is -4.50. The summed E-state index contributed by atoms with van der Waals surface area (Å²) < 4.78 is 40.3. The molecule has 1 amide bonds. The first-order chi connectivity index (χ1) is 15.7. The van der Waals surface area contributed by atoms with Gasteiger partial charge in [-0.1, -0.05) is 22.9 Å². The first-order valence-corrected chi connectivity index (χ1v) is 11.3. The third kappa shape index (κ3) is 4.85. The van der Waals surface area contributed by atoms with E-state index in [0.29, 0.717) is 17.8 Å². The zero-order valence-electron chi connectivity index (χ0n) is 17.6. The summed E-state index contributed by atoms with van der Waals surface area (Å²) in [6.45, 7) is 1.68. The third-order valence-corrected chi connectivity index (χ3v) is 6.51. The predicted molar refractivity (Wildman–Crippen MR) is 122 cm³/mol. The Kier molecular flexibility index (Phi) is 6.38. The number of aryl methyl sites for hydroxylation is 1. The molecule has 3 aromatic rings. The zero-order valence-corrected chi connectivity index (χ0v) is 19.2. The van der Waals surface area contributed by atoms with Gasteiger partial charge < -0.3 is 5.32 Å². The fourth-order valence-electron chi connectivity index (χ4n) is 3.91. The highest BCUT2D eigenvalue weighted by Crippen LogP contribution is 2.37. The van der Waals surface area contributed by atoms with Gasteiger partial charge in [0.1, 0.15) is 6.54 Å². The number of allylic oxidation sites excluding steroid dienone is 2. The van der Waals surface area contributed by atoms with E-state index in [9.17, 15) is 22.8 Å². The first kappa shape index (κ1) is 23.2. The number of hydrogen-bond donors (Lipinski definition) is 1. The topological polar surface area (TPSA) is 76.9 Å². The predicted octanol–water partition coefficient (Wildman–Crippen LogP) is 4.46. The molecule has 1 unspecified atom stereocenters. The van der Waals surface area contributed by atoms with Crippen LogP contribution in [0.25, 0.3) is 16.5 Å². The Balaban J connectivity index is 1.63. The van der Waals surface area contributed by atoms with Crippen LogP contribution in [-0.2, 0) is 23.9 Å². The van der Waals surface area contributed by atoms with Crippen molar-refractivity contribution in [1.29, 1.82) is 0 Å². The van der Waals surface area contributed by atoms with Crippen molar-refractivity contribution in [2.45, 2.75) is 43.7 Å². The fourth-order valence-corrected chi connectivity index (χ4v) is 4.65. The van der Waals surface area contributed by atoms with Gasteiger partial charge in [0.15, 0.2) is 0 Å². The molecule has 0 saturated carbocycles. The van der Waals surface area contributed by atoms with Gasteiger partial charge in [0.25, 0.3) is 5.56 Å². The van der Waals surface area contributed by atoms with Gasteiger partial charge in [-0.3, -0.25) is 14.2 Å². The number of aromatic nitrogens is 3. The number of rotatable bonds is 5. The number of nitrogens with one attached hydrogen (secondary N) is 1. The Morgan fingerprint density at radius 2 is 2.03 bits per heavy atom. The van der Waals surface area contributed by atoms with Crippen molar-refractivity contribution < 1.29 is 18.0 Å². The molecule has 1 aromatic carbocycles. The number of carbonyl (C=O) groups is 1. The van der Waals surface area contributed by atoms with Gasteiger partial charge in [0.2, 0.25) is 5.91 Å². The lowest BCUT2D eigenvalue weighted by Gasteiger charge is -2.14. The molecule has 1 aliphatic rings. The van der Waals surface area contributed by atoms with Gasteiger partial charge in [-0.2, -0.15) is 23.4 Å². The molecule has 0 fully saturated rings. The molecular weight excluding hydrogens is 501 g/mol. The maximum atomic E-state index is 13.0. The summed E-state index contributed by atoms with van der Waals surface area (Å²) in [4.78, 5) is 25.3. The molecule has 0 bridgehead atoms. The van der Waals surface area contributed by atoms with Gasteiger partial charge in [-0.25, -0.2) is 0 Å². The van der Waals surface area contributed by atoms with Crippen LogP contribution < -0.4 is 10.9 Å². The summed E-state index contributed by atoms with van der Waals surface area (Å²) in [5, 5.41) is 11.4. The maximum absolute atomic E-state index is 13.0. The van der Waals surface area contributed by atoms with Crippen LogP contribution in [0.2, 0.25) is 0 Å². The van der Waals surface area contributed by atoms with Crippen LogP contribution in [0.3, 0.4) is 0 Å². The number of hydrogen-bond acceptors (Lipinski definition) is 4. The van der Waals surface area contributed by atoms with Gasteiger partial charge in [-0.15, -0.1) is 0 Å². The molecule has 0 aliphatic heterocycles. The molecule has 1 atom stereocenters. The van der Waals surface area contributed by atoms with Crippen molar-refractivity contribution in [3.8, 4) is 0 Å². The highest BCUT2D eigenvalue weighted by molar-refractivity contribution is 9.09. The van der Waals surface area contributed by atoms with E-state index in [-0.39, 0.29) is 22.3 Å². The smallest absolute Gasteiger partial charge is 0.328 e. The number of carbonyl (C=O) groups excluding carboxylic acids is 1. The molecule has 10 heteroatoms. The van der Waals surface area contributed by atoms with Crippen molar-refractivity contribution >= 4 is 38.3 Å². The Hall–Kier alpha value is -3.01. The van der Waals surface area contributed by atoms with Crippen molar-refractivity contribution in [2.24, 2.45) is 0 Å². The average Bonchev–Trinajstić information content (AvgIpc) is 3.14. The number of amides is 1. The lowest BCUT2D eigenvalue weighted by molar-refractivity contribution is -0.137. The molecule has 2 aromatic heterocycles. The van der Waals surface area contributed by atoms with Crippen LogP contribution in [0.5, 0.6) is 0 Å². The van der Waals surface area contributed by atoms with Crippen molar-refractivity contribution in [3.63, 3.8) is 0 Å². The number of alkyl halides is 4. The van der Waals surface area contributed by atoms with E-state index in [2.05, 4.69) is 31.4 Å². The molecule has 6 nitrogen and oxygen atoms in total. The molecule has 0 spiro atoms. The maximum Gasteiger partial charge on any atom is 0.416 e. The lowest BCUT2D eigenvalue weighted by atomic mass is 10.1. The van der Waals surface area contributed by atoms with E-state index >= 15 is 0 Å². The van der Waals surface area contributed by atoms with Crippen LogP contribution in [0.4, 0.5) is 13.2 Å². The van der Waals surface area contributed by atoms with E-state index < -0.39 is 23.2 Å². The molecule has 2 heterocycles. The Morgan fingerprint density at radius 3 is 2.76 bits per heavy atom. The van der Waals surface area contributed by atoms with Crippen LogP contribution in [0.15, 0.2) is 53.1 Å². The standard InChI is InChI=1S/C23H20BrF3N4O2/c1-2-13-9-18(30-28-11-13)22-16(24)5-6-17(22)29-20(32)12-31-19-7-4-15(23(25,26)27)10-14(19)3-8-21(31)33/h3-4,7-11,16H,2,5-6,12H2,1H3,(H,29,32). The van der Waals surface area contributed by atoms with Gasteiger partial charge in [0, 0.05) is 22.2 Å². The molecule has 1 aliphatic carbocycles. The van der Waals surface area contributed by atoms with Crippen LogP contribution in [-0.4, -0.2) is 25.5 Å². The summed E-state index contributed by atoms with van der Waals surface area (Å²) in [6, 6.07) is 7.51. The molecule has 4 rings (SSSR count). The Bertz CT molecular complexity index is 1320. The number of pyridine rings is 1. The van der Waals surface area contributed by atoms with Gasteiger partial charge in [0.05, 0.1) is 23.0 Å². The Morgan fingerprint density at radius 1 is 1.24 bits per heavy atom. The quantitative estimate of drug-likeness (QED) is 0.504. The number of fused-ring (bicyclic) bond motifs is 1. The van der Waals surface area contributed by atoms with Crippen molar-refractivity contribution in [3.05, 3.63) is 75.5 Å². The lowest BCUT2D eigenvalue weighted by Crippen LogP contribution is -2.32. The van der Waals surface area contributed by atoms with E-state index in [0.717, 1.165) is 42.2 Å². The zero-order chi connectivity index (χ0) is 23.8. The van der Waals surface area contributed by atoms with Crippen LogP contribution in [0.1, 0.15) is 36.6 Å². The van der Waals surface area contributed by atoms with Crippen molar-refractivity contribution in [2.75, 3.05) is 0 Å². The van der Waals surface area contributed by atoms with Crippen LogP contribution in [0, 0.1) is 0 Å². The third-order valence-electron chi connectivity index (χ3n) is 5.59. The highest BCUT2D eigenvalue weighted by Gasteiger charge is 2.31. The summed E-state index contributed by atoms with van der Waals surface area (Å²) in [5.41, 5.74) is 2.19. The Labute approximate surface area is 195 Å². The SMILES string of the molecule is CCc1cnnc(C2=C(NC(=O)Cn3c(=O)ccc4cc(C(F)(F)F)ccc43)CCC2Br)c1. The molecule has 1 N–H and O–H groups in total. The number of benzene rings is 1. The van der Waals surface area contributed by atoms with Gasteiger partial charge >= 0.3 is 6.18 Å². The number of halogens is 4. The van der Waals surface area contributed by atoms with E-state index in [1.807, 2.05) is 13.0 Å². The number of nitrogens with zero attached hydrogens (tertiary/aromatic N) is 3. The molecule has 172 valence electrons. The second kappa shape index (κ2) is 9.09. The first-order valence-electron chi connectivity index (χ1n) is 10.4. The van der Waals surface area contributed by atoms with Crippen LogP contribution >= 0.6 is 15.9 Å². The minimum Gasteiger partial charge on any atom is -0.328 e. The van der Waals surface area contributed by atoms with E-state index in [4.69, 9.17) is 0 Å². The van der Waals surface area contributed by atoms with Gasteiger partial charge in [-0.05, 0) is 60.5 Å². The molecule has 0 saturated heterocycles. The second-order valence-corrected chi connectivity index (χ2v) is 8.88. The summed E-state index contributed by atoms with van der Waals surface area (Å²) >= 11 is 3.63. The van der Waals surface area contributed by atoms with E-state index in [1.165, 1.54) is 16.7 Å². The monoisotopic (exact) mass is 520 g/mol. The molecule has 0 radical (unpaired) electrons. The normalized spacial score (nSPS) is 16.5. The van der Waals surface area contributed by atoms with Crippen molar-refractivity contribution in [1.82, 2.24) is 20.1 Å². The highest BCUT2D eigenvalue weighted by atomic mass is 79.9. The largest absolute Gasteiger partial charge is 0.416 e. The summed E-state index contributed by atoms with van der Waals surface area (Å²) in [5.74, 6) is -0.446. The van der Waals surface area contributed by atoms with E-state index in [1.54, 1.807) is 6.20 Å². The molecular formula is C23H20BrF3N4O2. The molecule has 33 heavy (non-hydrogen) atoms. The second-order valence-electron chi connectivity index (χ2n) is 7.78. The fraction of sp³-hybridized carbons (Fsp3) is 0.304. The summed E-state index contributed by atoms with van der Waals surface area (Å²) in [7, 11) is 0. The summed E-state index contributed by atoms with van der Waals surface area (Å²) in [6.07, 6.45) is -0.643. The minimum absolute atomic E-state index is 0.00438.